The molecule has 100 valence electrons. The van der Waals surface area contributed by atoms with Crippen LogP contribution in [0.4, 0.5) is 0 Å². The number of methoxy groups -OCH3 is 1. The minimum atomic E-state index is 0.732. The summed E-state index contributed by atoms with van der Waals surface area (Å²) in [5.41, 5.74) is 3.36. The van der Waals surface area contributed by atoms with Gasteiger partial charge in [0.15, 0.2) is 0 Å². The Bertz CT molecular complexity index is 575. The first kappa shape index (κ1) is 12.6. The lowest BCUT2D eigenvalue weighted by Gasteiger charge is -2.05. The molecule has 3 rings (SSSR count). The summed E-state index contributed by atoms with van der Waals surface area (Å²) < 4.78 is 5.29. The fourth-order valence-electron chi connectivity index (χ4n) is 2.08. The van der Waals surface area contributed by atoms with Gasteiger partial charge in [-0.15, -0.1) is 11.3 Å². The highest BCUT2D eigenvalue weighted by Crippen LogP contribution is 2.27. The first-order valence-electron chi connectivity index (χ1n) is 6.59. The molecule has 1 heterocycles. The van der Waals surface area contributed by atoms with Crippen LogP contribution < -0.4 is 10.1 Å². The number of aromatic nitrogens is 1. The Hall–Kier alpha value is -1.39. The van der Waals surface area contributed by atoms with E-state index in [4.69, 9.17) is 9.72 Å². The molecular weight excluding hydrogens is 256 g/mol. The molecule has 4 heteroatoms. The van der Waals surface area contributed by atoms with Crippen LogP contribution >= 0.6 is 11.3 Å². The minimum absolute atomic E-state index is 0.732. The Balaban J connectivity index is 1.75. The summed E-state index contributed by atoms with van der Waals surface area (Å²) in [6, 6.07) is 6.94. The molecule has 1 aliphatic carbocycles. The number of hydrogen-bond acceptors (Lipinski definition) is 4. The van der Waals surface area contributed by atoms with Crippen LogP contribution in [0.15, 0.2) is 23.6 Å². The highest BCUT2D eigenvalue weighted by molar-refractivity contribution is 7.09. The second kappa shape index (κ2) is 5.31. The van der Waals surface area contributed by atoms with Gasteiger partial charge >= 0.3 is 0 Å². The van der Waals surface area contributed by atoms with Gasteiger partial charge in [0.25, 0.3) is 0 Å². The molecule has 0 bridgehead atoms. The summed E-state index contributed by atoms with van der Waals surface area (Å²) >= 11 is 1.73. The van der Waals surface area contributed by atoms with Gasteiger partial charge in [-0.05, 0) is 43.5 Å². The van der Waals surface area contributed by atoms with Crippen LogP contribution in [0.3, 0.4) is 0 Å². The second-order valence-corrected chi connectivity index (χ2v) is 5.91. The number of nitrogens with one attached hydrogen (secondary N) is 1. The number of ether oxygens (including phenoxy) is 1. The highest BCUT2D eigenvalue weighted by atomic mass is 32.1. The topological polar surface area (TPSA) is 34.1 Å². The predicted octanol–water partition coefficient (Wildman–Crippen LogP) is 3.38. The van der Waals surface area contributed by atoms with Crippen LogP contribution in [0.5, 0.6) is 5.75 Å². The van der Waals surface area contributed by atoms with Gasteiger partial charge in [-0.2, -0.15) is 0 Å². The Kier molecular flexibility index (Phi) is 3.53. The molecule has 0 radical (unpaired) electrons. The van der Waals surface area contributed by atoms with E-state index in [0.717, 1.165) is 40.2 Å². The molecule has 1 aromatic carbocycles. The van der Waals surface area contributed by atoms with Crippen molar-refractivity contribution in [3.8, 4) is 17.0 Å². The monoisotopic (exact) mass is 274 g/mol. The van der Waals surface area contributed by atoms with Gasteiger partial charge in [0.2, 0.25) is 0 Å². The summed E-state index contributed by atoms with van der Waals surface area (Å²) in [6.07, 6.45) is 2.63. The number of nitrogens with zero attached hydrogens (tertiary/aromatic N) is 1. The van der Waals surface area contributed by atoms with Crippen LogP contribution in [0, 0.1) is 6.92 Å². The van der Waals surface area contributed by atoms with Gasteiger partial charge in [-0.3, -0.25) is 0 Å². The molecule has 1 saturated carbocycles. The van der Waals surface area contributed by atoms with E-state index in [1.807, 2.05) is 6.07 Å². The van der Waals surface area contributed by atoms with Crippen molar-refractivity contribution >= 4 is 11.3 Å². The van der Waals surface area contributed by atoms with E-state index in [9.17, 15) is 0 Å². The van der Waals surface area contributed by atoms with Crippen molar-refractivity contribution in [2.75, 3.05) is 7.11 Å². The number of thiazole rings is 1. The number of hydrogen-bond donors (Lipinski definition) is 1. The van der Waals surface area contributed by atoms with Crippen molar-refractivity contribution in [2.24, 2.45) is 0 Å². The SMILES string of the molecule is COc1ccc(-c2csc(CNC3CC3)n2)cc1C. The van der Waals surface area contributed by atoms with E-state index in [-0.39, 0.29) is 0 Å². The lowest BCUT2D eigenvalue weighted by molar-refractivity contribution is 0.412. The maximum Gasteiger partial charge on any atom is 0.121 e. The van der Waals surface area contributed by atoms with Crippen molar-refractivity contribution < 1.29 is 4.74 Å². The molecule has 0 amide bonds. The standard InChI is InChI=1S/C15H18N2OS/c1-10-7-11(3-6-14(10)18-2)13-9-19-15(17-13)8-16-12-4-5-12/h3,6-7,9,12,16H,4-5,8H2,1-2H3. The Morgan fingerprint density at radius 2 is 2.26 bits per heavy atom. The maximum atomic E-state index is 5.29. The summed E-state index contributed by atoms with van der Waals surface area (Å²) in [5.74, 6) is 0.926. The molecule has 2 aromatic rings. The van der Waals surface area contributed by atoms with Crippen molar-refractivity contribution in [1.29, 1.82) is 0 Å². The average molecular weight is 274 g/mol. The molecule has 0 aliphatic heterocycles. The first-order chi connectivity index (χ1) is 9.26. The van der Waals surface area contributed by atoms with Gasteiger partial charge in [0.1, 0.15) is 10.8 Å². The van der Waals surface area contributed by atoms with Crippen molar-refractivity contribution in [3.05, 3.63) is 34.2 Å². The fourth-order valence-corrected chi connectivity index (χ4v) is 2.84. The van der Waals surface area contributed by atoms with Crippen molar-refractivity contribution in [2.45, 2.75) is 32.4 Å². The third kappa shape index (κ3) is 2.96. The van der Waals surface area contributed by atoms with Crippen LogP contribution in [0.1, 0.15) is 23.4 Å². The highest BCUT2D eigenvalue weighted by Gasteiger charge is 2.20. The Morgan fingerprint density at radius 1 is 1.42 bits per heavy atom. The van der Waals surface area contributed by atoms with Crippen LogP contribution in [0.2, 0.25) is 0 Å². The average Bonchev–Trinajstić information content (AvgIpc) is 3.13. The zero-order valence-electron chi connectivity index (χ0n) is 11.3. The van der Waals surface area contributed by atoms with E-state index in [1.54, 1.807) is 18.4 Å². The minimum Gasteiger partial charge on any atom is -0.496 e. The molecule has 1 aliphatic rings. The number of benzene rings is 1. The number of rotatable bonds is 5. The molecule has 0 atom stereocenters. The van der Waals surface area contributed by atoms with E-state index in [1.165, 1.54) is 12.8 Å². The third-order valence-corrected chi connectivity index (χ3v) is 4.21. The van der Waals surface area contributed by atoms with Crippen molar-refractivity contribution in [1.82, 2.24) is 10.3 Å². The summed E-state index contributed by atoms with van der Waals surface area (Å²) in [5, 5.41) is 6.79. The molecule has 1 fully saturated rings. The molecule has 19 heavy (non-hydrogen) atoms. The van der Waals surface area contributed by atoms with E-state index in [0.29, 0.717) is 0 Å². The van der Waals surface area contributed by atoms with Gasteiger partial charge in [0, 0.05) is 23.5 Å². The summed E-state index contributed by atoms with van der Waals surface area (Å²) in [6.45, 7) is 2.95. The zero-order valence-corrected chi connectivity index (χ0v) is 12.1. The molecule has 0 saturated heterocycles. The lowest BCUT2D eigenvalue weighted by atomic mass is 10.1. The quantitative estimate of drug-likeness (QED) is 0.907. The van der Waals surface area contributed by atoms with E-state index < -0.39 is 0 Å². The molecule has 0 unspecified atom stereocenters. The van der Waals surface area contributed by atoms with Crippen molar-refractivity contribution in [3.63, 3.8) is 0 Å². The van der Waals surface area contributed by atoms with Gasteiger partial charge in [-0.1, -0.05) is 0 Å². The number of aryl methyl sites for hydroxylation is 1. The molecular formula is C15H18N2OS. The Morgan fingerprint density at radius 3 is 2.95 bits per heavy atom. The van der Waals surface area contributed by atoms with E-state index >= 15 is 0 Å². The predicted molar refractivity (Wildman–Crippen MR) is 78.7 cm³/mol. The molecule has 3 nitrogen and oxygen atoms in total. The third-order valence-electron chi connectivity index (χ3n) is 3.36. The lowest BCUT2D eigenvalue weighted by Crippen LogP contribution is -2.14. The summed E-state index contributed by atoms with van der Waals surface area (Å²) in [4.78, 5) is 4.69. The van der Waals surface area contributed by atoms with Gasteiger partial charge < -0.3 is 10.1 Å². The summed E-state index contributed by atoms with van der Waals surface area (Å²) in [7, 11) is 1.70. The molecule has 0 spiro atoms. The van der Waals surface area contributed by atoms with E-state index in [2.05, 4.69) is 29.8 Å². The maximum absolute atomic E-state index is 5.29. The Labute approximate surface area is 117 Å². The van der Waals surface area contributed by atoms with Gasteiger partial charge in [0.05, 0.1) is 12.8 Å². The van der Waals surface area contributed by atoms with Crippen LogP contribution in [0.25, 0.3) is 11.3 Å². The first-order valence-corrected chi connectivity index (χ1v) is 7.47. The van der Waals surface area contributed by atoms with Crippen LogP contribution in [-0.4, -0.2) is 18.1 Å². The molecule has 1 aromatic heterocycles. The molecule has 1 N–H and O–H groups in total. The zero-order chi connectivity index (χ0) is 13.2. The van der Waals surface area contributed by atoms with Gasteiger partial charge in [-0.25, -0.2) is 4.98 Å². The largest absolute Gasteiger partial charge is 0.496 e. The smallest absolute Gasteiger partial charge is 0.121 e. The second-order valence-electron chi connectivity index (χ2n) is 4.97. The normalized spacial score (nSPS) is 14.6. The fraction of sp³-hybridized carbons (Fsp3) is 0.400. The van der Waals surface area contributed by atoms with Crippen LogP contribution in [-0.2, 0) is 6.54 Å².